The predicted molar refractivity (Wildman–Crippen MR) is 142 cm³/mol. The van der Waals surface area contributed by atoms with Crippen molar-refractivity contribution in [2.45, 2.75) is 44.7 Å². The van der Waals surface area contributed by atoms with Crippen LogP contribution in [0, 0.1) is 11.7 Å². The second kappa shape index (κ2) is 11.9. The highest BCUT2D eigenvalue weighted by molar-refractivity contribution is 7.90. The van der Waals surface area contributed by atoms with E-state index >= 15 is 0 Å². The summed E-state index contributed by atoms with van der Waals surface area (Å²) in [6, 6.07) is 8.67. The summed E-state index contributed by atoms with van der Waals surface area (Å²) in [5.74, 6) is -0.358. The van der Waals surface area contributed by atoms with Crippen LogP contribution in [0.2, 0.25) is 0 Å². The van der Waals surface area contributed by atoms with Gasteiger partial charge in [0.25, 0.3) is 15.9 Å². The van der Waals surface area contributed by atoms with Crippen molar-refractivity contribution in [2.75, 3.05) is 31.2 Å². The summed E-state index contributed by atoms with van der Waals surface area (Å²) >= 11 is 0. The van der Waals surface area contributed by atoms with Gasteiger partial charge in [-0.3, -0.25) is 9.89 Å². The Morgan fingerprint density at radius 2 is 2.00 bits per heavy atom. The zero-order valence-corrected chi connectivity index (χ0v) is 22.4. The van der Waals surface area contributed by atoms with E-state index in [-0.39, 0.29) is 24.0 Å². The first kappa shape index (κ1) is 27.5. The number of ether oxygens (including phenoxy) is 2. The van der Waals surface area contributed by atoms with Crippen molar-refractivity contribution in [3.05, 3.63) is 54.0 Å². The first-order chi connectivity index (χ1) is 18.2. The molecule has 1 amide bonds. The molecule has 38 heavy (non-hydrogen) atoms. The summed E-state index contributed by atoms with van der Waals surface area (Å²) in [6.07, 6.45) is 2.82. The van der Waals surface area contributed by atoms with Gasteiger partial charge in [0.05, 0.1) is 30.2 Å². The van der Waals surface area contributed by atoms with Gasteiger partial charge in [0.2, 0.25) is 0 Å². The van der Waals surface area contributed by atoms with E-state index in [4.69, 9.17) is 14.5 Å². The summed E-state index contributed by atoms with van der Waals surface area (Å²) < 4.78 is 53.3. The van der Waals surface area contributed by atoms with Crippen molar-refractivity contribution >= 4 is 21.7 Å². The smallest absolute Gasteiger partial charge is 0.281 e. The zero-order chi connectivity index (χ0) is 27.3. The summed E-state index contributed by atoms with van der Waals surface area (Å²) in [7, 11) is -4.16. The van der Waals surface area contributed by atoms with E-state index in [0.29, 0.717) is 49.1 Å². The van der Waals surface area contributed by atoms with E-state index in [9.17, 15) is 17.6 Å². The number of halogens is 1. The number of nitrogens with zero attached hydrogens (tertiary/aromatic N) is 3. The molecule has 10 nitrogen and oxygen atoms in total. The predicted octanol–water partition coefficient (Wildman–Crippen LogP) is 4.02. The molecule has 0 saturated carbocycles. The van der Waals surface area contributed by atoms with Gasteiger partial charge in [0.15, 0.2) is 5.03 Å². The van der Waals surface area contributed by atoms with E-state index in [1.807, 2.05) is 25.7 Å². The number of sulfonamides is 1. The van der Waals surface area contributed by atoms with Crippen LogP contribution in [0.15, 0.2) is 47.6 Å². The summed E-state index contributed by atoms with van der Waals surface area (Å²) in [5, 5.41) is 5.75. The Hall–Kier alpha value is -3.51. The maximum atomic E-state index is 14.5. The number of hydrogen-bond donors (Lipinski definition) is 2. The Morgan fingerprint density at radius 3 is 2.66 bits per heavy atom. The molecular weight excluding hydrogens is 513 g/mol. The molecule has 206 valence electrons. The molecular formula is C26H34FN5O5S. The Kier molecular flexibility index (Phi) is 8.62. The van der Waals surface area contributed by atoms with Crippen molar-refractivity contribution in [2.24, 2.45) is 5.92 Å². The van der Waals surface area contributed by atoms with E-state index in [0.717, 1.165) is 12.8 Å². The maximum Gasteiger partial charge on any atom is 0.281 e. The molecule has 0 unspecified atom stereocenters. The van der Waals surface area contributed by atoms with E-state index in [2.05, 4.69) is 14.9 Å². The highest BCUT2D eigenvalue weighted by Crippen LogP contribution is 2.30. The molecule has 0 spiro atoms. The quantitative estimate of drug-likeness (QED) is 0.390. The minimum atomic E-state index is -4.16. The molecule has 1 fully saturated rings. The van der Waals surface area contributed by atoms with Crippen LogP contribution in [-0.4, -0.2) is 61.9 Å². The topological polar surface area (TPSA) is 127 Å². The highest BCUT2D eigenvalue weighted by atomic mass is 32.2. The molecule has 2 N–H and O–H groups in total. The Balaban J connectivity index is 0.00000420. The normalized spacial score (nSPS) is 14.6. The fraction of sp³-hybridized carbons (Fsp3) is 0.423. The highest BCUT2D eigenvalue weighted by Gasteiger charge is 2.28. The molecule has 2 aromatic heterocycles. The van der Waals surface area contributed by atoms with Crippen molar-refractivity contribution < 1.29 is 28.5 Å². The number of H-pyrrole nitrogens is 1. The van der Waals surface area contributed by atoms with Crippen molar-refractivity contribution in [3.8, 4) is 17.0 Å². The number of carbonyl (C=O) groups excluding carboxylic acids is 1. The number of rotatable bonds is 10. The number of amides is 1. The van der Waals surface area contributed by atoms with E-state index < -0.39 is 21.7 Å². The largest absolute Gasteiger partial charge is 0.493 e. The standard InChI is InChI=1S/C26H32FN5O5S.H2/c1-4-36-20-8-11-32(12-9-20)25-22(26(33)31-38(34,35)24-7-10-28-30-24)5-6-23(29-25)18-13-19(27)15-21(14-18)37-16-17(2)3;/h5-7,10,13-15,17,20H,4,8-9,11-12,16H2,1-3H3,(H,28,30)(H,31,33);1H. The molecule has 0 atom stereocenters. The molecule has 1 aromatic carbocycles. The molecule has 1 saturated heterocycles. The van der Waals surface area contributed by atoms with E-state index in [1.54, 1.807) is 12.1 Å². The van der Waals surface area contributed by atoms with Crippen LogP contribution >= 0.6 is 0 Å². The number of carbonyl (C=O) groups is 1. The van der Waals surface area contributed by atoms with Gasteiger partial charge in [0.1, 0.15) is 17.4 Å². The van der Waals surface area contributed by atoms with Crippen LogP contribution < -0.4 is 14.4 Å². The van der Waals surface area contributed by atoms with Crippen molar-refractivity contribution in [1.29, 1.82) is 0 Å². The molecule has 4 rings (SSSR count). The number of aromatic amines is 1. The summed E-state index contributed by atoms with van der Waals surface area (Å²) in [4.78, 5) is 19.8. The van der Waals surface area contributed by atoms with Gasteiger partial charge >= 0.3 is 0 Å². The number of pyridine rings is 1. The second-order valence-electron chi connectivity index (χ2n) is 9.45. The first-order valence-corrected chi connectivity index (χ1v) is 14.0. The van der Waals surface area contributed by atoms with Gasteiger partial charge in [-0.05, 0) is 56.0 Å². The maximum absolute atomic E-state index is 14.5. The summed E-state index contributed by atoms with van der Waals surface area (Å²) in [6.45, 7) is 8.09. The van der Waals surface area contributed by atoms with Gasteiger partial charge in [-0.25, -0.2) is 14.1 Å². The van der Waals surface area contributed by atoms with Crippen LogP contribution in [0.1, 0.15) is 45.4 Å². The number of benzene rings is 1. The number of nitrogens with one attached hydrogen (secondary N) is 2. The minimum Gasteiger partial charge on any atom is -0.493 e. The molecule has 0 radical (unpaired) electrons. The fourth-order valence-corrected chi connectivity index (χ4v) is 5.06. The van der Waals surface area contributed by atoms with Crippen LogP contribution in [-0.2, 0) is 14.8 Å². The third-order valence-corrected chi connectivity index (χ3v) is 7.27. The minimum absolute atomic E-state index is 0. The first-order valence-electron chi connectivity index (χ1n) is 12.5. The third-order valence-electron chi connectivity index (χ3n) is 6.01. The van der Waals surface area contributed by atoms with Crippen LogP contribution in [0.3, 0.4) is 0 Å². The number of anilines is 1. The average Bonchev–Trinajstić information content (AvgIpc) is 3.44. The molecule has 1 aliphatic rings. The van der Waals surface area contributed by atoms with Crippen molar-refractivity contribution in [3.63, 3.8) is 0 Å². The lowest BCUT2D eigenvalue weighted by atomic mass is 10.1. The number of piperidine rings is 1. The zero-order valence-electron chi connectivity index (χ0n) is 21.6. The third kappa shape index (κ3) is 6.67. The second-order valence-corrected chi connectivity index (χ2v) is 11.1. The van der Waals surface area contributed by atoms with E-state index in [1.165, 1.54) is 30.5 Å². The number of hydrogen-bond acceptors (Lipinski definition) is 8. The Labute approximate surface area is 223 Å². The van der Waals surface area contributed by atoms with Crippen LogP contribution in [0.5, 0.6) is 5.75 Å². The van der Waals surface area contributed by atoms with Crippen LogP contribution in [0.25, 0.3) is 11.3 Å². The molecule has 3 aromatic rings. The average molecular weight is 548 g/mol. The van der Waals surface area contributed by atoms with Crippen LogP contribution in [0.4, 0.5) is 10.2 Å². The van der Waals surface area contributed by atoms with Crippen molar-refractivity contribution in [1.82, 2.24) is 19.9 Å². The van der Waals surface area contributed by atoms with Gasteiger partial charge in [-0.2, -0.15) is 13.5 Å². The molecule has 0 aliphatic carbocycles. The SMILES string of the molecule is CCOC1CCN(c2nc(-c3cc(F)cc(OCC(C)C)c3)ccc2C(=O)NS(=O)(=O)c2ccn[nH]2)CC1.[HH]. The molecule has 12 heteroatoms. The Morgan fingerprint density at radius 1 is 1.24 bits per heavy atom. The van der Waals surface area contributed by atoms with Gasteiger partial charge < -0.3 is 14.4 Å². The lowest BCUT2D eigenvalue weighted by Crippen LogP contribution is -2.39. The molecule has 0 bridgehead atoms. The van der Waals surface area contributed by atoms with Gasteiger partial charge in [-0.15, -0.1) is 0 Å². The Bertz CT molecular complexity index is 1360. The lowest BCUT2D eigenvalue weighted by Gasteiger charge is -2.33. The van der Waals surface area contributed by atoms with Gasteiger partial charge in [0, 0.05) is 32.8 Å². The molecule has 1 aliphatic heterocycles. The lowest BCUT2D eigenvalue weighted by molar-refractivity contribution is 0.0458. The number of aromatic nitrogens is 3. The van der Waals surface area contributed by atoms with Gasteiger partial charge in [-0.1, -0.05) is 13.8 Å². The summed E-state index contributed by atoms with van der Waals surface area (Å²) in [5.41, 5.74) is 0.986. The molecule has 3 heterocycles. The fourth-order valence-electron chi connectivity index (χ4n) is 4.18. The monoisotopic (exact) mass is 547 g/mol.